The van der Waals surface area contributed by atoms with Crippen molar-refractivity contribution in [1.82, 2.24) is 4.98 Å². The molecule has 0 spiro atoms. The van der Waals surface area contributed by atoms with Gasteiger partial charge in [0.25, 0.3) is 0 Å². The van der Waals surface area contributed by atoms with Gasteiger partial charge in [-0.3, -0.25) is 9.59 Å². The van der Waals surface area contributed by atoms with Crippen LogP contribution in [0.2, 0.25) is 0 Å². The van der Waals surface area contributed by atoms with Gasteiger partial charge in [0.05, 0.1) is 17.9 Å². The number of amides is 1. The highest BCUT2D eigenvalue weighted by Crippen LogP contribution is 2.29. The summed E-state index contributed by atoms with van der Waals surface area (Å²) in [7, 11) is 0. The van der Waals surface area contributed by atoms with Gasteiger partial charge in [0.2, 0.25) is 5.91 Å². The quantitative estimate of drug-likeness (QED) is 0.520. The lowest BCUT2D eigenvalue weighted by Crippen LogP contribution is -2.03. The van der Waals surface area contributed by atoms with Crippen LogP contribution in [0.25, 0.3) is 11.3 Å². The van der Waals surface area contributed by atoms with Crippen molar-refractivity contribution < 1.29 is 9.59 Å². The fraction of sp³-hybridized carbons (Fsp3) is 0.150. The lowest BCUT2D eigenvalue weighted by atomic mass is 10.1. The number of thiazole rings is 1. The number of hydrogen-bond donors (Lipinski definition) is 1. The molecule has 3 aromatic rings. The molecule has 1 N–H and O–H groups in total. The minimum atomic E-state index is -0.0228. The van der Waals surface area contributed by atoms with Gasteiger partial charge in [-0.25, -0.2) is 4.98 Å². The molecule has 0 aliphatic carbocycles. The first kappa shape index (κ1) is 17.0. The molecule has 1 aromatic heterocycles. The maximum atomic E-state index is 12.5. The topological polar surface area (TPSA) is 59.1 Å². The van der Waals surface area contributed by atoms with Crippen LogP contribution in [0.3, 0.4) is 0 Å². The molecule has 1 aliphatic heterocycles. The van der Waals surface area contributed by atoms with E-state index in [1.807, 2.05) is 11.4 Å². The summed E-state index contributed by atoms with van der Waals surface area (Å²) in [5.74, 6) is 0.357. The van der Waals surface area contributed by atoms with Gasteiger partial charge in [-0.05, 0) is 30.7 Å². The second-order valence-electron chi connectivity index (χ2n) is 6.17. The second kappa shape index (κ2) is 7.05. The molecular weight excluding hydrogens is 364 g/mol. The molecule has 26 heavy (non-hydrogen) atoms. The Morgan fingerprint density at radius 3 is 2.85 bits per heavy atom. The number of rotatable bonds is 5. The summed E-state index contributed by atoms with van der Waals surface area (Å²) < 4.78 is 0.881. The zero-order chi connectivity index (χ0) is 18.1. The van der Waals surface area contributed by atoms with E-state index >= 15 is 0 Å². The molecule has 4 nitrogen and oxygen atoms in total. The highest BCUT2D eigenvalue weighted by molar-refractivity contribution is 8.01. The average molecular weight is 380 g/mol. The number of hydrogen-bond acceptors (Lipinski definition) is 5. The monoisotopic (exact) mass is 380 g/mol. The van der Waals surface area contributed by atoms with Crippen molar-refractivity contribution in [3.63, 3.8) is 0 Å². The molecule has 0 fully saturated rings. The van der Waals surface area contributed by atoms with Crippen LogP contribution in [0, 0.1) is 6.92 Å². The van der Waals surface area contributed by atoms with Crippen molar-refractivity contribution in [1.29, 1.82) is 0 Å². The number of Topliss-reactive ketones (excluding diaryl/α,β-unsaturated/α-hetero) is 1. The maximum Gasteiger partial charge on any atom is 0.228 e. The molecule has 2 aromatic carbocycles. The SMILES string of the molecule is Cc1ccc(-c2csc(SCC(=O)c3ccc4c(c3)CC(=O)N4)n2)cc1. The first-order valence-electron chi connectivity index (χ1n) is 8.20. The zero-order valence-electron chi connectivity index (χ0n) is 14.1. The summed E-state index contributed by atoms with van der Waals surface area (Å²) in [6.07, 6.45) is 0.343. The van der Waals surface area contributed by atoms with Crippen LogP contribution < -0.4 is 5.32 Å². The number of aryl methyl sites for hydroxylation is 1. The summed E-state index contributed by atoms with van der Waals surface area (Å²) in [6, 6.07) is 13.6. The van der Waals surface area contributed by atoms with Crippen molar-refractivity contribution in [2.45, 2.75) is 17.7 Å². The summed E-state index contributed by atoms with van der Waals surface area (Å²) in [6.45, 7) is 2.06. The van der Waals surface area contributed by atoms with Crippen LogP contribution >= 0.6 is 23.1 Å². The summed E-state index contributed by atoms with van der Waals surface area (Å²) in [5.41, 5.74) is 5.58. The molecule has 0 bridgehead atoms. The Morgan fingerprint density at radius 1 is 1.23 bits per heavy atom. The largest absolute Gasteiger partial charge is 0.326 e. The summed E-state index contributed by atoms with van der Waals surface area (Å²) in [5, 5.41) is 4.80. The molecular formula is C20H16N2O2S2. The number of thioether (sulfide) groups is 1. The Balaban J connectivity index is 1.41. The van der Waals surface area contributed by atoms with Crippen LogP contribution in [0.5, 0.6) is 0 Å². The second-order valence-corrected chi connectivity index (χ2v) is 8.25. The van der Waals surface area contributed by atoms with Crippen LogP contribution in [0.15, 0.2) is 52.2 Å². The Kier molecular flexibility index (Phi) is 4.61. The minimum absolute atomic E-state index is 0.0228. The zero-order valence-corrected chi connectivity index (χ0v) is 15.7. The number of nitrogens with zero attached hydrogens (tertiary/aromatic N) is 1. The van der Waals surface area contributed by atoms with Gasteiger partial charge < -0.3 is 5.32 Å². The molecule has 1 aliphatic rings. The van der Waals surface area contributed by atoms with E-state index in [1.165, 1.54) is 17.3 Å². The van der Waals surface area contributed by atoms with Gasteiger partial charge in [0, 0.05) is 22.2 Å². The third-order valence-electron chi connectivity index (χ3n) is 4.21. The van der Waals surface area contributed by atoms with E-state index in [0.717, 1.165) is 26.8 Å². The normalized spacial score (nSPS) is 12.7. The Bertz CT molecular complexity index is 993. The standard InChI is InChI=1S/C20H16N2O2S2/c1-12-2-4-13(5-3-12)17-10-25-20(22-17)26-11-18(23)14-6-7-16-15(8-14)9-19(24)21-16/h2-8,10H,9,11H2,1H3,(H,21,24). The number of carbonyl (C=O) groups excluding carboxylic acids is 2. The summed E-state index contributed by atoms with van der Waals surface area (Å²) >= 11 is 3.00. The van der Waals surface area contributed by atoms with E-state index in [0.29, 0.717) is 17.7 Å². The van der Waals surface area contributed by atoms with Gasteiger partial charge in [-0.1, -0.05) is 41.6 Å². The van der Waals surface area contributed by atoms with Crippen molar-refractivity contribution in [2.24, 2.45) is 0 Å². The number of fused-ring (bicyclic) bond motifs is 1. The molecule has 1 amide bonds. The summed E-state index contributed by atoms with van der Waals surface area (Å²) in [4.78, 5) is 28.5. The fourth-order valence-electron chi connectivity index (χ4n) is 2.79. The van der Waals surface area contributed by atoms with E-state index in [-0.39, 0.29) is 11.7 Å². The number of anilines is 1. The van der Waals surface area contributed by atoms with E-state index in [9.17, 15) is 9.59 Å². The molecule has 2 heterocycles. The molecule has 0 unspecified atom stereocenters. The third kappa shape index (κ3) is 3.57. The van der Waals surface area contributed by atoms with Gasteiger partial charge in [0.1, 0.15) is 0 Å². The predicted octanol–water partition coefficient (Wildman–Crippen LogP) is 4.59. The molecule has 0 saturated heterocycles. The van der Waals surface area contributed by atoms with Crippen LogP contribution in [-0.4, -0.2) is 22.4 Å². The van der Waals surface area contributed by atoms with Crippen molar-refractivity contribution in [2.75, 3.05) is 11.1 Å². The fourth-order valence-corrected chi connectivity index (χ4v) is 4.52. The molecule has 130 valence electrons. The molecule has 0 saturated carbocycles. The van der Waals surface area contributed by atoms with Crippen LogP contribution in [-0.2, 0) is 11.2 Å². The van der Waals surface area contributed by atoms with Gasteiger partial charge in [-0.15, -0.1) is 11.3 Å². The highest BCUT2D eigenvalue weighted by Gasteiger charge is 2.19. The Labute approximate surface area is 159 Å². The number of ketones is 1. The highest BCUT2D eigenvalue weighted by atomic mass is 32.2. The lowest BCUT2D eigenvalue weighted by molar-refractivity contribution is -0.115. The van der Waals surface area contributed by atoms with Crippen LogP contribution in [0.1, 0.15) is 21.5 Å². The number of carbonyl (C=O) groups is 2. The van der Waals surface area contributed by atoms with E-state index in [1.54, 1.807) is 23.5 Å². The van der Waals surface area contributed by atoms with Gasteiger partial charge >= 0.3 is 0 Å². The van der Waals surface area contributed by atoms with E-state index < -0.39 is 0 Å². The number of nitrogens with one attached hydrogen (secondary N) is 1. The molecule has 6 heteroatoms. The van der Waals surface area contributed by atoms with Crippen molar-refractivity contribution >= 4 is 40.5 Å². The number of aromatic nitrogens is 1. The number of benzene rings is 2. The van der Waals surface area contributed by atoms with Crippen molar-refractivity contribution in [3.8, 4) is 11.3 Å². The third-order valence-corrected chi connectivity index (χ3v) is 6.23. The predicted molar refractivity (Wildman–Crippen MR) is 106 cm³/mol. The van der Waals surface area contributed by atoms with Gasteiger partial charge in [-0.2, -0.15) is 0 Å². The smallest absolute Gasteiger partial charge is 0.228 e. The molecule has 0 radical (unpaired) electrons. The first-order valence-corrected chi connectivity index (χ1v) is 10.1. The molecule has 4 rings (SSSR count). The first-order chi connectivity index (χ1) is 12.6. The Morgan fingerprint density at radius 2 is 2.04 bits per heavy atom. The van der Waals surface area contributed by atoms with E-state index in [4.69, 9.17) is 0 Å². The van der Waals surface area contributed by atoms with E-state index in [2.05, 4.69) is 41.5 Å². The Hall–Kier alpha value is -2.44. The van der Waals surface area contributed by atoms with Crippen LogP contribution in [0.4, 0.5) is 5.69 Å². The minimum Gasteiger partial charge on any atom is -0.326 e. The molecule has 0 atom stereocenters. The average Bonchev–Trinajstić information content (AvgIpc) is 3.25. The van der Waals surface area contributed by atoms with Gasteiger partial charge in [0.15, 0.2) is 10.1 Å². The maximum absolute atomic E-state index is 12.5. The lowest BCUT2D eigenvalue weighted by Gasteiger charge is -2.03. The van der Waals surface area contributed by atoms with Crippen molar-refractivity contribution in [3.05, 3.63) is 64.5 Å².